The Balaban J connectivity index is 1.71. The van der Waals surface area contributed by atoms with E-state index in [-0.39, 0.29) is 25.6 Å². The number of aliphatic carboxylic acids is 1. The molecular formula is C24H21N3O5. The lowest BCUT2D eigenvalue weighted by Crippen LogP contribution is -2.50. The fourth-order valence-electron chi connectivity index (χ4n) is 3.78. The van der Waals surface area contributed by atoms with Crippen LogP contribution in [-0.4, -0.2) is 53.7 Å². The van der Waals surface area contributed by atoms with Crippen molar-refractivity contribution in [3.05, 3.63) is 59.7 Å². The standard InChI is InChI=1S/C24H21N3O5/c1-2-12-27(13-11-25)23(30)21(14-22(28)29)26-24(31)32-15-20-18-9-5-3-7-16(18)17-8-4-6-10-19(17)20/h1,3-10,20-21H,12-15H2,(H,26,31)(H,28,29). The van der Waals surface area contributed by atoms with Crippen LogP contribution in [-0.2, 0) is 14.3 Å². The largest absolute Gasteiger partial charge is 0.481 e. The maximum absolute atomic E-state index is 12.6. The fraction of sp³-hybridized carbons (Fsp3) is 0.250. The van der Waals surface area contributed by atoms with Crippen molar-refractivity contribution < 1.29 is 24.2 Å². The predicted molar refractivity (Wildman–Crippen MR) is 115 cm³/mol. The summed E-state index contributed by atoms with van der Waals surface area (Å²) in [5.74, 6) is 0.00129. The number of ether oxygens (including phenoxy) is 1. The van der Waals surface area contributed by atoms with Gasteiger partial charge in [0.15, 0.2) is 0 Å². The number of hydrogen-bond acceptors (Lipinski definition) is 5. The van der Waals surface area contributed by atoms with Gasteiger partial charge in [0.2, 0.25) is 5.91 Å². The number of benzene rings is 2. The van der Waals surface area contributed by atoms with Gasteiger partial charge in [-0.3, -0.25) is 9.59 Å². The molecule has 2 aromatic carbocycles. The normalized spacial score (nSPS) is 12.4. The second-order valence-corrected chi connectivity index (χ2v) is 7.18. The first-order valence-electron chi connectivity index (χ1n) is 9.88. The Bertz CT molecular complexity index is 1050. The zero-order valence-electron chi connectivity index (χ0n) is 17.2. The summed E-state index contributed by atoms with van der Waals surface area (Å²) in [5, 5.41) is 20.3. The Morgan fingerprint density at radius 3 is 2.22 bits per heavy atom. The zero-order chi connectivity index (χ0) is 23.1. The highest BCUT2D eigenvalue weighted by atomic mass is 16.5. The Labute approximate surface area is 185 Å². The van der Waals surface area contributed by atoms with E-state index in [1.807, 2.05) is 48.5 Å². The highest BCUT2D eigenvalue weighted by molar-refractivity contribution is 5.89. The molecule has 1 aliphatic rings. The van der Waals surface area contributed by atoms with Gasteiger partial charge in [0.05, 0.1) is 19.0 Å². The van der Waals surface area contributed by atoms with Crippen LogP contribution >= 0.6 is 0 Å². The van der Waals surface area contributed by atoms with Gasteiger partial charge in [-0.2, -0.15) is 5.26 Å². The maximum atomic E-state index is 12.6. The molecule has 1 aliphatic carbocycles. The number of carbonyl (C=O) groups excluding carboxylic acids is 2. The molecule has 0 radical (unpaired) electrons. The minimum atomic E-state index is -1.41. The molecule has 2 amide bonds. The minimum Gasteiger partial charge on any atom is -0.481 e. The lowest BCUT2D eigenvalue weighted by molar-refractivity contribution is -0.142. The van der Waals surface area contributed by atoms with Crippen molar-refractivity contribution in [1.82, 2.24) is 10.2 Å². The van der Waals surface area contributed by atoms with Gasteiger partial charge in [0.25, 0.3) is 0 Å². The summed E-state index contributed by atoms with van der Waals surface area (Å²) in [5.41, 5.74) is 4.18. The highest BCUT2D eigenvalue weighted by Crippen LogP contribution is 2.44. The molecule has 0 spiro atoms. The SMILES string of the molecule is C#CCN(CC#N)C(=O)C(CC(=O)O)NC(=O)OCC1c2ccccc2-c2ccccc21. The summed E-state index contributed by atoms with van der Waals surface area (Å²) in [6.45, 7) is -0.499. The first-order chi connectivity index (χ1) is 15.5. The molecule has 0 fully saturated rings. The first kappa shape index (κ1) is 22.4. The van der Waals surface area contributed by atoms with E-state index in [2.05, 4.69) is 11.2 Å². The van der Waals surface area contributed by atoms with Crippen molar-refractivity contribution in [2.75, 3.05) is 19.7 Å². The van der Waals surface area contributed by atoms with E-state index in [0.717, 1.165) is 27.2 Å². The van der Waals surface area contributed by atoms with Crippen LogP contribution in [0, 0.1) is 23.7 Å². The fourth-order valence-corrected chi connectivity index (χ4v) is 3.78. The Kier molecular flexibility index (Phi) is 7.09. The Morgan fingerprint density at radius 1 is 1.09 bits per heavy atom. The van der Waals surface area contributed by atoms with E-state index in [4.69, 9.17) is 21.5 Å². The third-order valence-electron chi connectivity index (χ3n) is 5.17. The first-order valence-corrected chi connectivity index (χ1v) is 9.88. The third kappa shape index (κ3) is 4.88. The van der Waals surface area contributed by atoms with Crippen molar-refractivity contribution in [3.63, 3.8) is 0 Å². The van der Waals surface area contributed by atoms with Gasteiger partial charge in [-0.15, -0.1) is 6.42 Å². The van der Waals surface area contributed by atoms with E-state index in [1.54, 1.807) is 6.07 Å². The molecule has 0 saturated carbocycles. The second-order valence-electron chi connectivity index (χ2n) is 7.18. The van der Waals surface area contributed by atoms with Gasteiger partial charge in [-0.25, -0.2) is 4.79 Å². The average Bonchev–Trinajstić information content (AvgIpc) is 3.10. The van der Waals surface area contributed by atoms with Gasteiger partial charge in [-0.1, -0.05) is 54.5 Å². The third-order valence-corrected chi connectivity index (χ3v) is 5.17. The van der Waals surface area contributed by atoms with E-state index in [1.165, 1.54) is 0 Å². The summed E-state index contributed by atoms with van der Waals surface area (Å²) < 4.78 is 5.38. The molecule has 0 aromatic heterocycles. The number of rotatable bonds is 8. The maximum Gasteiger partial charge on any atom is 0.407 e. The molecule has 0 aliphatic heterocycles. The van der Waals surface area contributed by atoms with Crippen LogP contribution in [0.25, 0.3) is 11.1 Å². The lowest BCUT2D eigenvalue weighted by Gasteiger charge is -2.23. The van der Waals surface area contributed by atoms with Crippen LogP contribution in [0.15, 0.2) is 48.5 Å². The second kappa shape index (κ2) is 10.1. The Hall–Kier alpha value is -4.30. The average molecular weight is 431 g/mol. The zero-order valence-corrected chi connectivity index (χ0v) is 17.2. The number of fused-ring (bicyclic) bond motifs is 3. The Morgan fingerprint density at radius 2 is 1.69 bits per heavy atom. The quantitative estimate of drug-likeness (QED) is 0.489. The van der Waals surface area contributed by atoms with E-state index in [0.29, 0.717) is 0 Å². The monoisotopic (exact) mass is 431 g/mol. The summed E-state index contributed by atoms with van der Waals surface area (Å²) in [4.78, 5) is 37.3. The summed E-state index contributed by atoms with van der Waals surface area (Å²) in [7, 11) is 0. The molecule has 1 atom stereocenters. The minimum absolute atomic E-state index is 0.0140. The smallest absolute Gasteiger partial charge is 0.407 e. The molecule has 8 nitrogen and oxygen atoms in total. The van der Waals surface area contributed by atoms with Crippen LogP contribution in [0.5, 0.6) is 0 Å². The van der Waals surface area contributed by atoms with E-state index < -0.39 is 30.4 Å². The highest BCUT2D eigenvalue weighted by Gasteiger charge is 2.31. The number of amides is 2. The summed E-state index contributed by atoms with van der Waals surface area (Å²) >= 11 is 0. The lowest BCUT2D eigenvalue weighted by atomic mass is 9.98. The number of carboxylic acid groups (broad SMARTS) is 1. The number of nitrogens with zero attached hydrogens (tertiary/aromatic N) is 2. The van der Waals surface area contributed by atoms with Gasteiger partial charge in [0, 0.05) is 5.92 Å². The molecule has 8 heteroatoms. The molecule has 0 bridgehead atoms. The van der Waals surface area contributed by atoms with E-state index in [9.17, 15) is 14.4 Å². The topological polar surface area (TPSA) is 120 Å². The van der Waals surface area contributed by atoms with Crippen molar-refractivity contribution in [2.45, 2.75) is 18.4 Å². The van der Waals surface area contributed by atoms with Crippen LogP contribution in [0.3, 0.4) is 0 Å². The van der Waals surface area contributed by atoms with Crippen molar-refractivity contribution in [1.29, 1.82) is 5.26 Å². The van der Waals surface area contributed by atoms with Gasteiger partial charge in [0.1, 0.15) is 19.2 Å². The number of carbonyl (C=O) groups is 3. The van der Waals surface area contributed by atoms with Crippen molar-refractivity contribution >= 4 is 18.0 Å². The molecular weight excluding hydrogens is 410 g/mol. The van der Waals surface area contributed by atoms with Crippen LogP contribution < -0.4 is 5.32 Å². The number of terminal acetylenes is 1. The van der Waals surface area contributed by atoms with Crippen molar-refractivity contribution in [3.8, 4) is 29.5 Å². The van der Waals surface area contributed by atoms with Gasteiger partial charge >= 0.3 is 12.1 Å². The van der Waals surface area contributed by atoms with Crippen molar-refractivity contribution in [2.24, 2.45) is 0 Å². The van der Waals surface area contributed by atoms with Crippen LogP contribution in [0.4, 0.5) is 4.79 Å². The molecule has 2 N–H and O–H groups in total. The molecule has 0 saturated heterocycles. The number of nitriles is 1. The molecule has 1 unspecified atom stereocenters. The predicted octanol–water partition coefficient (Wildman–Crippen LogP) is 2.35. The molecule has 2 aromatic rings. The molecule has 3 rings (SSSR count). The van der Waals surface area contributed by atoms with Gasteiger partial charge < -0.3 is 20.1 Å². The van der Waals surface area contributed by atoms with Crippen LogP contribution in [0.1, 0.15) is 23.5 Å². The molecule has 0 heterocycles. The van der Waals surface area contributed by atoms with Crippen LogP contribution in [0.2, 0.25) is 0 Å². The number of hydrogen-bond donors (Lipinski definition) is 2. The molecule has 162 valence electrons. The number of nitrogens with one attached hydrogen (secondary N) is 1. The number of alkyl carbamates (subject to hydrolysis) is 1. The van der Waals surface area contributed by atoms with Gasteiger partial charge in [-0.05, 0) is 22.3 Å². The summed E-state index contributed by atoms with van der Waals surface area (Å²) in [6.07, 6.45) is 3.62. The molecule has 32 heavy (non-hydrogen) atoms. The summed E-state index contributed by atoms with van der Waals surface area (Å²) in [6, 6.07) is 16.0. The number of carboxylic acids is 1. The van der Waals surface area contributed by atoms with E-state index >= 15 is 0 Å².